The first-order valence-corrected chi connectivity index (χ1v) is 7.33. The van der Waals surface area contributed by atoms with Crippen LogP contribution in [0.2, 0.25) is 0 Å². The summed E-state index contributed by atoms with van der Waals surface area (Å²) >= 11 is 0. The van der Waals surface area contributed by atoms with Crippen molar-refractivity contribution in [1.82, 2.24) is 19.5 Å². The predicted octanol–water partition coefficient (Wildman–Crippen LogP) is 2.45. The van der Waals surface area contributed by atoms with Crippen molar-refractivity contribution < 1.29 is 0 Å². The number of nitrogens with zero attached hydrogens (tertiary/aromatic N) is 4. The number of rotatable bonds is 3. The van der Waals surface area contributed by atoms with Gasteiger partial charge in [-0.25, -0.2) is 0 Å². The zero-order chi connectivity index (χ0) is 13.2. The minimum Gasteiger partial charge on any atom is -0.300 e. The molecule has 0 bridgehead atoms. The van der Waals surface area contributed by atoms with Crippen molar-refractivity contribution in [3.05, 3.63) is 29.7 Å². The Balaban J connectivity index is 1.86. The summed E-state index contributed by atoms with van der Waals surface area (Å²) in [5.74, 6) is 1.10. The molecule has 1 atom stereocenters. The largest absolute Gasteiger partial charge is 0.300 e. The van der Waals surface area contributed by atoms with E-state index in [1.807, 2.05) is 0 Å². The molecule has 1 unspecified atom stereocenters. The fourth-order valence-corrected chi connectivity index (χ4v) is 3.15. The van der Waals surface area contributed by atoms with E-state index in [0.29, 0.717) is 6.04 Å². The van der Waals surface area contributed by atoms with Gasteiger partial charge in [-0.2, -0.15) is 0 Å². The first-order valence-electron chi connectivity index (χ1n) is 7.33. The molecule has 4 nitrogen and oxygen atoms in total. The van der Waals surface area contributed by atoms with E-state index in [0.717, 1.165) is 24.4 Å². The summed E-state index contributed by atoms with van der Waals surface area (Å²) in [6.07, 6.45) is 7.06. The number of likely N-dealkylation sites (tertiary alicyclic amines) is 1. The smallest absolute Gasteiger partial charge is 0.163 e. The molecule has 0 aliphatic carbocycles. The van der Waals surface area contributed by atoms with Gasteiger partial charge in [-0.15, -0.1) is 10.2 Å². The lowest BCUT2D eigenvalue weighted by Crippen LogP contribution is -2.40. The van der Waals surface area contributed by atoms with E-state index in [-0.39, 0.29) is 0 Å². The van der Waals surface area contributed by atoms with Gasteiger partial charge in [-0.1, -0.05) is 19.4 Å². The van der Waals surface area contributed by atoms with Crippen molar-refractivity contribution in [1.29, 1.82) is 0 Å². The third-order valence-electron chi connectivity index (χ3n) is 4.27. The molecule has 1 aliphatic heterocycles. The molecule has 0 spiro atoms. The third kappa shape index (κ3) is 2.37. The van der Waals surface area contributed by atoms with Gasteiger partial charge in [0.1, 0.15) is 5.82 Å². The van der Waals surface area contributed by atoms with Crippen LogP contribution in [-0.4, -0.2) is 38.6 Å². The molecule has 0 radical (unpaired) electrons. The Bertz CT molecular complexity index is 560. The first-order chi connectivity index (χ1) is 9.29. The molecule has 2 aromatic rings. The molecule has 1 fully saturated rings. The van der Waals surface area contributed by atoms with Crippen molar-refractivity contribution in [3.8, 4) is 0 Å². The van der Waals surface area contributed by atoms with Gasteiger partial charge in [0.05, 0.1) is 0 Å². The van der Waals surface area contributed by atoms with Gasteiger partial charge in [0.25, 0.3) is 0 Å². The number of hydrogen-bond donors (Lipinski definition) is 0. The lowest BCUT2D eigenvalue weighted by molar-refractivity contribution is 0.153. The van der Waals surface area contributed by atoms with Crippen LogP contribution in [0.25, 0.3) is 5.65 Å². The second-order valence-electron chi connectivity index (χ2n) is 5.48. The van der Waals surface area contributed by atoms with E-state index < -0.39 is 0 Å². The molecule has 0 N–H and O–H groups in total. The van der Waals surface area contributed by atoms with E-state index in [9.17, 15) is 0 Å². The zero-order valence-corrected chi connectivity index (χ0v) is 11.8. The Morgan fingerprint density at radius 2 is 2.21 bits per heavy atom. The molecule has 0 saturated carbocycles. The molecule has 0 aromatic carbocycles. The van der Waals surface area contributed by atoms with Gasteiger partial charge in [0.2, 0.25) is 0 Å². The van der Waals surface area contributed by atoms with Crippen LogP contribution in [0.3, 0.4) is 0 Å². The summed E-state index contributed by atoms with van der Waals surface area (Å²) < 4.78 is 2.15. The fraction of sp³-hybridized carbons (Fsp3) is 0.600. The summed E-state index contributed by atoms with van der Waals surface area (Å²) in [6.45, 7) is 6.72. The van der Waals surface area contributed by atoms with Crippen LogP contribution in [0, 0.1) is 6.92 Å². The fourth-order valence-electron chi connectivity index (χ4n) is 3.15. The normalized spacial score (nSPS) is 21.1. The maximum absolute atomic E-state index is 4.41. The van der Waals surface area contributed by atoms with E-state index >= 15 is 0 Å². The lowest BCUT2D eigenvalue weighted by atomic mass is 9.99. The minimum atomic E-state index is 0.631. The molecule has 0 amide bonds. The Morgan fingerprint density at radius 1 is 1.32 bits per heavy atom. The highest BCUT2D eigenvalue weighted by atomic mass is 15.3. The van der Waals surface area contributed by atoms with E-state index in [1.165, 1.54) is 31.4 Å². The van der Waals surface area contributed by atoms with Crippen molar-refractivity contribution >= 4 is 5.65 Å². The number of aromatic nitrogens is 3. The van der Waals surface area contributed by atoms with Crippen LogP contribution in [0.5, 0.6) is 0 Å². The van der Waals surface area contributed by atoms with Crippen LogP contribution in [0.1, 0.15) is 37.6 Å². The number of fused-ring (bicyclic) bond motifs is 1. The van der Waals surface area contributed by atoms with Crippen molar-refractivity contribution in [2.45, 2.75) is 45.6 Å². The topological polar surface area (TPSA) is 33.4 Å². The highest BCUT2D eigenvalue weighted by molar-refractivity contribution is 5.46. The summed E-state index contributed by atoms with van der Waals surface area (Å²) in [6, 6.07) is 4.80. The van der Waals surface area contributed by atoms with Gasteiger partial charge in [0.15, 0.2) is 5.65 Å². The first kappa shape index (κ1) is 12.6. The zero-order valence-electron chi connectivity index (χ0n) is 11.8. The van der Waals surface area contributed by atoms with Gasteiger partial charge in [-0.3, -0.25) is 4.40 Å². The number of aryl methyl sites for hydroxylation is 1. The number of hydrogen-bond acceptors (Lipinski definition) is 3. The molecule has 3 rings (SSSR count). The summed E-state index contributed by atoms with van der Waals surface area (Å²) in [5, 5.41) is 8.73. The van der Waals surface area contributed by atoms with Gasteiger partial charge in [-0.05, 0) is 44.5 Å². The van der Waals surface area contributed by atoms with Gasteiger partial charge < -0.3 is 4.90 Å². The Labute approximate surface area is 114 Å². The molecular weight excluding hydrogens is 236 g/mol. The molecule has 2 aromatic heterocycles. The molecule has 19 heavy (non-hydrogen) atoms. The van der Waals surface area contributed by atoms with Crippen LogP contribution in [0.4, 0.5) is 0 Å². The quantitative estimate of drug-likeness (QED) is 0.848. The van der Waals surface area contributed by atoms with Gasteiger partial charge >= 0.3 is 0 Å². The van der Waals surface area contributed by atoms with Crippen molar-refractivity contribution in [2.24, 2.45) is 0 Å². The molecular formula is C15H22N4. The summed E-state index contributed by atoms with van der Waals surface area (Å²) in [7, 11) is 0. The second-order valence-corrected chi connectivity index (χ2v) is 5.48. The molecule has 102 valence electrons. The van der Waals surface area contributed by atoms with Crippen LogP contribution in [-0.2, 0) is 6.42 Å². The summed E-state index contributed by atoms with van der Waals surface area (Å²) in [5.41, 5.74) is 2.19. The second kappa shape index (κ2) is 5.29. The third-order valence-corrected chi connectivity index (χ3v) is 4.27. The monoisotopic (exact) mass is 258 g/mol. The Hall–Kier alpha value is -1.42. The molecule has 1 aliphatic rings. The predicted molar refractivity (Wildman–Crippen MR) is 76.3 cm³/mol. The highest BCUT2D eigenvalue weighted by Gasteiger charge is 2.23. The van der Waals surface area contributed by atoms with Gasteiger partial charge in [0, 0.05) is 18.7 Å². The van der Waals surface area contributed by atoms with Crippen molar-refractivity contribution in [2.75, 3.05) is 13.1 Å². The van der Waals surface area contributed by atoms with E-state index in [1.54, 1.807) is 0 Å². The lowest BCUT2D eigenvalue weighted by Gasteiger charge is -2.34. The summed E-state index contributed by atoms with van der Waals surface area (Å²) in [4.78, 5) is 2.58. The number of pyridine rings is 1. The standard InChI is InChI=1S/C15H22N4/c1-3-18-9-5-4-8-13(18)11-14-16-17-15-12(2)7-6-10-19(14)15/h6-7,10,13H,3-5,8-9,11H2,1-2H3. The molecule has 3 heterocycles. The van der Waals surface area contributed by atoms with Crippen LogP contribution in [0.15, 0.2) is 18.3 Å². The van der Waals surface area contributed by atoms with Crippen molar-refractivity contribution in [3.63, 3.8) is 0 Å². The van der Waals surface area contributed by atoms with Crippen LogP contribution < -0.4 is 0 Å². The average Bonchev–Trinajstić information content (AvgIpc) is 2.84. The van der Waals surface area contributed by atoms with Crippen LogP contribution >= 0.6 is 0 Å². The van der Waals surface area contributed by atoms with E-state index in [4.69, 9.17) is 0 Å². The number of piperidine rings is 1. The molecule has 4 heteroatoms. The minimum absolute atomic E-state index is 0.631. The maximum atomic E-state index is 4.41. The van der Waals surface area contributed by atoms with E-state index in [2.05, 4.69) is 51.7 Å². The molecule has 1 saturated heterocycles. The highest BCUT2D eigenvalue weighted by Crippen LogP contribution is 2.20. The SMILES string of the molecule is CCN1CCCCC1Cc1nnc2c(C)cccn12. The Morgan fingerprint density at radius 3 is 3.05 bits per heavy atom. The average molecular weight is 258 g/mol. The maximum Gasteiger partial charge on any atom is 0.163 e. The number of likely N-dealkylation sites (N-methyl/N-ethyl adjacent to an activating group) is 1. The Kier molecular flexibility index (Phi) is 3.51.